The summed E-state index contributed by atoms with van der Waals surface area (Å²) in [5.74, 6) is 0.597. The molecule has 1 aromatic carbocycles. The van der Waals surface area contributed by atoms with Crippen LogP contribution in [-0.4, -0.2) is 21.4 Å². The molecule has 0 aliphatic heterocycles. The summed E-state index contributed by atoms with van der Waals surface area (Å²) >= 11 is 0. The number of rotatable bonds is 6. The van der Waals surface area contributed by atoms with Crippen LogP contribution in [0.5, 0.6) is 5.75 Å². The average Bonchev–Trinajstić information content (AvgIpc) is 2.34. The highest BCUT2D eigenvalue weighted by molar-refractivity contribution is 8.13. The van der Waals surface area contributed by atoms with Crippen molar-refractivity contribution in [3.05, 3.63) is 23.8 Å². The number of hydrogen-bond acceptors (Lipinski definition) is 4. The van der Waals surface area contributed by atoms with E-state index in [9.17, 15) is 13.2 Å². The molecular formula is C13H18ClNO4S. The first-order chi connectivity index (χ1) is 9.24. The Morgan fingerprint density at radius 3 is 2.55 bits per heavy atom. The van der Waals surface area contributed by atoms with Crippen LogP contribution in [0.15, 0.2) is 23.1 Å². The predicted molar refractivity (Wildman–Crippen MR) is 77.3 cm³/mol. The van der Waals surface area contributed by atoms with Crippen LogP contribution in [0.1, 0.15) is 25.8 Å². The van der Waals surface area contributed by atoms with Crippen LogP contribution in [-0.2, 0) is 20.4 Å². The molecule has 0 fully saturated rings. The Balaban J connectivity index is 2.94. The van der Waals surface area contributed by atoms with E-state index in [1.54, 1.807) is 6.07 Å². The Bertz CT molecular complexity index is 584. The molecule has 1 N–H and O–H groups in total. The molecule has 0 saturated carbocycles. The van der Waals surface area contributed by atoms with E-state index in [1.165, 1.54) is 19.2 Å². The van der Waals surface area contributed by atoms with Gasteiger partial charge in [0, 0.05) is 23.6 Å². The van der Waals surface area contributed by atoms with Crippen molar-refractivity contribution in [2.45, 2.75) is 31.7 Å². The van der Waals surface area contributed by atoms with Gasteiger partial charge in [0.1, 0.15) is 5.75 Å². The summed E-state index contributed by atoms with van der Waals surface area (Å²) in [6.45, 7) is 3.95. The van der Waals surface area contributed by atoms with Gasteiger partial charge in [-0.25, -0.2) is 8.42 Å². The summed E-state index contributed by atoms with van der Waals surface area (Å²) in [6.07, 6.45) is 0.382. The van der Waals surface area contributed by atoms with Crippen LogP contribution in [0.25, 0.3) is 0 Å². The monoisotopic (exact) mass is 319 g/mol. The molecule has 0 atom stereocenters. The van der Waals surface area contributed by atoms with Crippen molar-refractivity contribution in [3.63, 3.8) is 0 Å². The first kappa shape index (κ1) is 16.8. The zero-order valence-electron chi connectivity index (χ0n) is 11.6. The first-order valence-corrected chi connectivity index (χ1v) is 8.43. The molecule has 1 rings (SSSR count). The van der Waals surface area contributed by atoms with Crippen LogP contribution in [0.4, 0.5) is 0 Å². The normalized spacial score (nSPS) is 11.4. The van der Waals surface area contributed by atoms with Crippen molar-refractivity contribution >= 4 is 25.6 Å². The molecule has 0 aliphatic rings. The second-order valence-electron chi connectivity index (χ2n) is 4.79. The van der Waals surface area contributed by atoms with Gasteiger partial charge in [-0.2, -0.15) is 0 Å². The number of carbonyl (C=O) groups excluding carboxylic acids is 1. The molecule has 0 heterocycles. The van der Waals surface area contributed by atoms with Gasteiger partial charge in [-0.3, -0.25) is 4.79 Å². The average molecular weight is 320 g/mol. The minimum absolute atomic E-state index is 0.0233. The maximum absolute atomic E-state index is 11.6. The summed E-state index contributed by atoms with van der Waals surface area (Å²) in [5.41, 5.74) is 0.399. The number of ether oxygens (including phenoxy) is 1. The number of benzene rings is 1. The van der Waals surface area contributed by atoms with E-state index in [1.807, 2.05) is 13.8 Å². The van der Waals surface area contributed by atoms with Gasteiger partial charge in [-0.15, -0.1) is 0 Å². The lowest BCUT2D eigenvalue weighted by Crippen LogP contribution is -2.24. The molecule has 0 aliphatic carbocycles. The molecule has 0 saturated heterocycles. The van der Waals surface area contributed by atoms with E-state index < -0.39 is 9.05 Å². The zero-order valence-corrected chi connectivity index (χ0v) is 13.2. The van der Waals surface area contributed by atoms with E-state index in [0.717, 1.165) is 0 Å². The fourth-order valence-corrected chi connectivity index (χ4v) is 2.82. The van der Waals surface area contributed by atoms with Crippen LogP contribution in [0.2, 0.25) is 0 Å². The largest absolute Gasteiger partial charge is 0.497 e. The maximum atomic E-state index is 11.6. The number of halogens is 1. The van der Waals surface area contributed by atoms with Gasteiger partial charge in [-0.1, -0.05) is 13.8 Å². The summed E-state index contributed by atoms with van der Waals surface area (Å²) in [4.78, 5) is 11.6. The molecule has 7 heteroatoms. The van der Waals surface area contributed by atoms with Crippen LogP contribution in [0, 0.1) is 5.92 Å². The molecule has 0 bridgehead atoms. The molecule has 0 radical (unpaired) electrons. The molecule has 112 valence electrons. The van der Waals surface area contributed by atoms with Crippen molar-refractivity contribution in [2.75, 3.05) is 7.11 Å². The number of nitrogens with one attached hydrogen (secondary N) is 1. The molecule has 0 aromatic heterocycles. The maximum Gasteiger partial charge on any atom is 0.261 e. The Hall–Kier alpha value is -1.27. The molecule has 20 heavy (non-hydrogen) atoms. The van der Waals surface area contributed by atoms with Crippen molar-refractivity contribution in [3.8, 4) is 5.75 Å². The van der Waals surface area contributed by atoms with Crippen LogP contribution in [0.3, 0.4) is 0 Å². The smallest absolute Gasteiger partial charge is 0.261 e. The van der Waals surface area contributed by atoms with Gasteiger partial charge in [0.2, 0.25) is 5.91 Å². The summed E-state index contributed by atoms with van der Waals surface area (Å²) in [6, 6.07) is 4.42. The molecule has 5 nitrogen and oxygen atoms in total. The van der Waals surface area contributed by atoms with Gasteiger partial charge < -0.3 is 10.1 Å². The van der Waals surface area contributed by atoms with Gasteiger partial charge >= 0.3 is 0 Å². The minimum Gasteiger partial charge on any atom is -0.497 e. The van der Waals surface area contributed by atoms with Crippen LogP contribution >= 0.6 is 10.7 Å². The molecule has 0 unspecified atom stereocenters. The fraction of sp³-hybridized carbons (Fsp3) is 0.462. The van der Waals surface area contributed by atoms with Crippen LogP contribution < -0.4 is 10.1 Å². The zero-order chi connectivity index (χ0) is 15.3. The quantitative estimate of drug-likeness (QED) is 0.816. The van der Waals surface area contributed by atoms with E-state index in [0.29, 0.717) is 17.7 Å². The van der Waals surface area contributed by atoms with E-state index in [4.69, 9.17) is 15.4 Å². The second-order valence-corrected chi connectivity index (χ2v) is 7.32. The Morgan fingerprint density at radius 2 is 2.05 bits per heavy atom. The Morgan fingerprint density at radius 1 is 1.40 bits per heavy atom. The Labute approximate surface area is 123 Å². The Kier molecular flexibility index (Phi) is 5.83. The van der Waals surface area contributed by atoms with E-state index in [2.05, 4.69) is 5.32 Å². The minimum atomic E-state index is -3.86. The summed E-state index contributed by atoms with van der Waals surface area (Å²) in [5, 5.41) is 2.68. The summed E-state index contributed by atoms with van der Waals surface area (Å²) < 4.78 is 28.0. The molecule has 0 spiro atoms. The summed E-state index contributed by atoms with van der Waals surface area (Å²) in [7, 11) is 2.99. The third-order valence-electron chi connectivity index (χ3n) is 2.60. The van der Waals surface area contributed by atoms with E-state index >= 15 is 0 Å². The van der Waals surface area contributed by atoms with Gasteiger partial charge in [0.05, 0.1) is 12.0 Å². The number of amides is 1. The highest BCUT2D eigenvalue weighted by atomic mass is 35.7. The van der Waals surface area contributed by atoms with Crippen molar-refractivity contribution in [1.82, 2.24) is 5.32 Å². The van der Waals surface area contributed by atoms with Crippen molar-refractivity contribution in [1.29, 1.82) is 0 Å². The molecule has 1 amide bonds. The van der Waals surface area contributed by atoms with E-state index in [-0.39, 0.29) is 23.3 Å². The van der Waals surface area contributed by atoms with Crippen molar-refractivity contribution < 1.29 is 17.9 Å². The molecular weight excluding hydrogens is 302 g/mol. The predicted octanol–water partition coefficient (Wildman–Crippen LogP) is 2.29. The number of carbonyl (C=O) groups is 1. The SMILES string of the molecule is COc1ccc(S(=O)(=O)Cl)c(CNC(=O)CC(C)C)c1. The topological polar surface area (TPSA) is 72.5 Å². The van der Waals surface area contributed by atoms with Crippen molar-refractivity contribution in [2.24, 2.45) is 5.92 Å². The lowest BCUT2D eigenvalue weighted by molar-refractivity contribution is -0.121. The standard InChI is InChI=1S/C13H18ClNO4S/c1-9(2)6-13(16)15-8-10-7-11(19-3)4-5-12(10)20(14,17)18/h4-5,7,9H,6,8H2,1-3H3,(H,15,16). The number of hydrogen-bond donors (Lipinski definition) is 1. The van der Waals surface area contributed by atoms with Gasteiger partial charge in [0.25, 0.3) is 9.05 Å². The molecule has 1 aromatic rings. The second kappa shape index (κ2) is 6.95. The highest BCUT2D eigenvalue weighted by Crippen LogP contribution is 2.24. The number of methoxy groups -OCH3 is 1. The lowest BCUT2D eigenvalue weighted by Gasteiger charge is -2.11. The van der Waals surface area contributed by atoms with Gasteiger partial charge in [-0.05, 0) is 29.7 Å². The first-order valence-electron chi connectivity index (χ1n) is 6.12. The fourth-order valence-electron chi connectivity index (χ4n) is 1.70. The highest BCUT2D eigenvalue weighted by Gasteiger charge is 2.17. The third-order valence-corrected chi connectivity index (χ3v) is 4.02. The van der Waals surface area contributed by atoms with Gasteiger partial charge in [0.15, 0.2) is 0 Å². The third kappa shape index (κ3) is 5.02. The lowest BCUT2D eigenvalue weighted by atomic mass is 10.1.